The molecular formula is C42H46F6N2O6. The number of aryl methyl sites for hydroxylation is 1. The van der Waals surface area contributed by atoms with Gasteiger partial charge < -0.3 is 23.4 Å². The zero-order chi connectivity index (χ0) is 41.5. The lowest BCUT2D eigenvalue weighted by molar-refractivity contribution is -0.140. The molecule has 0 aliphatic carbocycles. The van der Waals surface area contributed by atoms with Gasteiger partial charge in [-0.2, -0.15) is 26.3 Å². The van der Waals surface area contributed by atoms with E-state index < -0.39 is 23.5 Å². The van der Waals surface area contributed by atoms with Gasteiger partial charge in [0.2, 0.25) is 11.8 Å². The Balaban J connectivity index is 0.000000273. The second-order valence-electron chi connectivity index (χ2n) is 14.1. The summed E-state index contributed by atoms with van der Waals surface area (Å²) in [6.45, 7) is 13.7. The molecule has 2 aromatic heterocycles. The molecule has 2 unspecified atom stereocenters. The molecule has 0 saturated heterocycles. The van der Waals surface area contributed by atoms with Crippen LogP contribution in [0.2, 0.25) is 0 Å². The average molecular weight is 789 g/mol. The molecule has 0 spiro atoms. The quantitative estimate of drug-likeness (QED) is 0.0983. The highest BCUT2D eigenvalue weighted by Crippen LogP contribution is 2.36. The number of esters is 1. The van der Waals surface area contributed by atoms with Crippen molar-refractivity contribution in [3.8, 4) is 28.7 Å². The summed E-state index contributed by atoms with van der Waals surface area (Å²) in [4.78, 5) is 20.5. The summed E-state index contributed by atoms with van der Waals surface area (Å²) < 4.78 is 98.7. The molecule has 3 aromatic carbocycles. The van der Waals surface area contributed by atoms with Crippen LogP contribution >= 0.6 is 0 Å². The molecule has 0 bridgehead atoms. The number of oxazole rings is 2. The summed E-state index contributed by atoms with van der Waals surface area (Å²) >= 11 is 0. The van der Waals surface area contributed by atoms with Gasteiger partial charge in [0, 0.05) is 17.0 Å². The molecule has 1 N–H and O–H groups in total. The van der Waals surface area contributed by atoms with Crippen molar-refractivity contribution in [2.75, 3.05) is 20.3 Å². The van der Waals surface area contributed by atoms with Crippen molar-refractivity contribution in [3.05, 3.63) is 112 Å². The number of aliphatic hydroxyl groups is 1. The minimum atomic E-state index is -4.40. The highest BCUT2D eigenvalue weighted by molar-refractivity contribution is 5.73. The SMILES string of the molecule is CC(C)c1nc(-c2ccc(C(F)(F)F)cc2)oc1C(C)CO.COC(=O)Cc1ccc(OCC(C)c2oc(-c3ccc(C(F)(F)F)cc3)nc2C(C)C)cc1C. The fourth-order valence-corrected chi connectivity index (χ4v) is 5.64. The summed E-state index contributed by atoms with van der Waals surface area (Å²) in [5.74, 6) is 1.91. The first kappa shape index (κ1) is 43.6. The van der Waals surface area contributed by atoms with Crippen LogP contribution in [0.15, 0.2) is 75.6 Å². The lowest BCUT2D eigenvalue weighted by atomic mass is 10.0. The zero-order valence-electron chi connectivity index (χ0n) is 32.4. The smallest absolute Gasteiger partial charge is 0.416 e. The number of aromatic nitrogens is 2. The molecule has 0 saturated carbocycles. The van der Waals surface area contributed by atoms with E-state index in [2.05, 4.69) is 9.97 Å². The number of benzene rings is 3. The van der Waals surface area contributed by atoms with Crippen molar-refractivity contribution in [1.29, 1.82) is 0 Å². The number of ether oxygens (including phenoxy) is 2. The molecule has 14 heteroatoms. The van der Waals surface area contributed by atoms with Crippen LogP contribution in [-0.2, 0) is 28.3 Å². The Hall–Kier alpha value is -5.11. The minimum absolute atomic E-state index is 0.0595. The fraction of sp³-hybridized carbons (Fsp3) is 0.405. The number of carbonyl (C=O) groups is 1. The van der Waals surface area contributed by atoms with Crippen molar-refractivity contribution in [1.82, 2.24) is 9.97 Å². The Morgan fingerprint density at radius 1 is 0.714 bits per heavy atom. The van der Waals surface area contributed by atoms with Crippen LogP contribution in [0.5, 0.6) is 5.75 Å². The van der Waals surface area contributed by atoms with Crippen LogP contribution in [0.1, 0.15) is 110 Å². The monoisotopic (exact) mass is 788 g/mol. The summed E-state index contributed by atoms with van der Waals surface area (Å²) in [6, 6.07) is 15.0. The number of alkyl halides is 6. The molecule has 2 heterocycles. The number of aliphatic hydroxyl groups excluding tert-OH is 1. The predicted octanol–water partition coefficient (Wildman–Crippen LogP) is 11.3. The van der Waals surface area contributed by atoms with E-state index in [9.17, 15) is 36.2 Å². The molecule has 56 heavy (non-hydrogen) atoms. The van der Waals surface area contributed by atoms with Crippen molar-refractivity contribution < 1.29 is 54.6 Å². The van der Waals surface area contributed by atoms with Crippen molar-refractivity contribution >= 4 is 5.97 Å². The van der Waals surface area contributed by atoms with E-state index in [1.54, 1.807) is 6.07 Å². The van der Waals surface area contributed by atoms with Gasteiger partial charge in [0.05, 0.1) is 55.2 Å². The Kier molecular flexibility index (Phi) is 14.2. The topological polar surface area (TPSA) is 108 Å². The maximum Gasteiger partial charge on any atom is 0.416 e. The first-order valence-corrected chi connectivity index (χ1v) is 18.0. The van der Waals surface area contributed by atoms with Gasteiger partial charge in [-0.25, -0.2) is 9.97 Å². The van der Waals surface area contributed by atoms with E-state index in [4.69, 9.17) is 18.3 Å². The second kappa shape index (κ2) is 18.2. The Bertz CT molecular complexity index is 2050. The summed E-state index contributed by atoms with van der Waals surface area (Å²) in [5.41, 5.74) is 2.77. The van der Waals surface area contributed by atoms with E-state index in [0.717, 1.165) is 46.8 Å². The van der Waals surface area contributed by atoms with Crippen molar-refractivity contribution in [2.45, 2.75) is 90.9 Å². The van der Waals surface area contributed by atoms with Gasteiger partial charge in [-0.05, 0) is 90.6 Å². The molecule has 5 rings (SSSR count). The largest absolute Gasteiger partial charge is 0.493 e. The molecule has 0 aliphatic rings. The van der Waals surface area contributed by atoms with Crippen molar-refractivity contribution in [2.24, 2.45) is 0 Å². The Labute approximate surface area is 321 Å². The average Bonchev–Trinajstić information content (AvgIpc) is 3.81. The standard InChI is InChI=1S/C26H28F3NO4.C16H18F3NO2/c1-15(2)23-24(34-25(30-23)18-6-9-20(10-7-18)26(27,28)29)17(4)14-33-21-11-8-19(16(3)12-21)13-22(31)32-5;1-9(2)13-14(10(3)8-21)22-15(20-13)11-4-6-12(7-5-11)16(17,18)19/h6-12,15,17H,13-14H2,1-5H3;4-7,9-10,21H,8H2,1-3H3. The van der Waals surface area contributed by atoms with E-state index in [1.165, 1.54) is 31.4 Å². The van der Waals surface area contributed by atoms with Crippen LogP contribution in [-0.4, -0.2) is 41.4 Å². The van der Waals surface area contributed by atoms with Gasteiger partial charge in [-0.15, -0.1) is 0 Å². The minimum Gasteiger partial charge on any atom is -0.493 e. The maximum absolute atomic E-state index is 12.9. The summed E-state index contributed by atoms with van der Waals surface area (Å²) in [7, 11) is 1.36. The highest BCUT2D eigenvalue weighted by atomic mass is 19.4. The summed E-state index contributed by atoms with van der Waals surface area (Å²) in [6.07, 6.45) is -8.57. The van der Waals surface area contributed by atoms with Crippen molar-refractivity contribution in [3.63, 3.8) is 0 Å². The number of rotatable bonds is 12. The number of halogens is 6. The van der Waals surface area contributed by atoms with Crippen LogP contribution in [0.4, 0.5) is 26.3 Å². The second-order valence-corrected chi connectivity index (χ2v) is 14.1. The van der Waals surface area contributed by atoms with Gasteiger partial charge in [-0.3, -0.25) is 4.79 Å². The molecule has 0 amide bonds. The van der Waals surface area contributed by atoms with Gasteiger partial charge >= 0.3 is 18.3 Å². The van der Waals surface area contributed by atoms with E-state index in [0.29, 0.717) is 35.0 Å². The van der Waals surface area contributed by atoms with E-state index >= 15 is 0 Å². The predicted molar refractivity (Wildman–Crippen MR) is 198 cm³/mol. The third kappa shape index (κ3) is 11.0. The normalized spacial score (nSPS) is 13.0. The lowest BCUT2D eigenvalue weighted by Crippen LogP contribution is -2.10. The third-order valence-corrected chi connectivity index (χ3v) is 8.92. The third-order valence-electron chi connectivity index (χ3n) is 8.92. The van der Waals surface area contributed by atoms with Crippen LogP contribution in [0.25, 0.3) is 22.9 Å². The molecule has 0 fully saturated rings. The maximum atomic E-state index is 12.9. The first-order valence-electron chi connectivity index (χ1n) is 18.0. The molecule has 0 aliphatic heterocycles. The van der Waals surface area contributed by atoms with Gasteiger partial charge in [0.15, 0.2) is 0 Å². The number of nitrogens with zero attached hydrogens (tertiary/aromatic N) is 2. The molecule has 0 radical (unpaired) electrons. The number of hydrogen-bond donors (Lipinski definition) is 1. The number of hydrogen-bond acceptors (Lipinski definition) is 8. The summed E-state index contributed by atoms with van der Waals surface area (Å²) in [5, 5.41) is 9.29. The molecule has 302 valence electrons. The van der Waals surface area contributed by atoms with Gasteiger partial charge in [-0.1, -0.05) is 47.6 Å². The fourth-order valence-electron chi connectivity index (χ4n) is 5.64. The van der Waals surface area contributed by atoms with Gasteiger partial charge in [0.25, 0.3) is 0 Å². The van der Waals surface area contributed by atoms with E-state index in [-0.39, 0.29) is 54.5 Å². The van der Waals surface area contributed by atoms with Crippen LogP contribution in [0.3, 0.4) is 0 Å². The number of methoxy groups -OCH3 is 1. The van der Waals surface area contributed by atoms with Gasteiger partial charge in [0.1, 0.15) is 17.3 Å². The van der Waals surface area contributed by atoms with E-state index in [1.807, 2.05) is 60.6 Å². The van der Waals surface area contributed by atoms with Crippen LogP contribution < -0.4 is 4.74 Å². The number of carbonyl (C=O) groups excluding carboxylic acids is 1. The zero-order valence-corrected chi connectivity index (χ0v) is 32.4. The molecule has 2 atom stereocenters. The molecule has 8 nitrogen and oxygen atoms in total. The Morgan fingerprint density at radius 3 is 1.54 bits per heavy atom. The highest BCUT2D eigenvalue weighted by Gasteiger charge is 2.32. The first-order chi connectivity index (χ1) is 26.2. The van der Waals surface area contributed by atoms with Crippen LogP contribution in [0, 0.1) is 6.92 Å². The Morgan fingerprint density at radius 2 is 1.16 bits per heavy atom. The molecular weight excluding hydrogens is 742 g/mol. The lowest BCUT2D eigenvalue weighted by Gasteiger charge is -2.14. The molecule has 5 aromatic rings.